The predicted octanol–water partition coefficient (Wildman–Crippen LogP) is 3.67. The lowest BCUT2D eigenvalue weighted by molar-refractivity contribution is 0.112. The highest BCUT2D eigenvalue weighted by atomic mass is 32.2. The van der Waals surface area contributed by atoms with Crippen LogP contribution in [0.15, 0.2) is 52.5 Å². The first-order valence-electron chi connectivity index (χ1n) is 5.63. The van der Waals surface area contributed by atoms with E-state index < -0.39 is 5.82 Å². The maximum Gasteiger partial charge on any atom is 0.171 e. The summed E-state index contributed by atoms with van der Waals surface area (Å²) >= 11 is 1.31. The monoisotopic (exact) mass is 272 g/mol. The van der Waals surface area contributed by atoms with Gasteiger partial charge in [0.2, 0.25) is 0 Å². The van der Waals surface area contributed by atoms with Gasteiger partial charge in [-0.2, -0.15) is 0 Å². The SMILES string of the molecule is O=Cc1cc(F)ccc1Sc1nc2ccccc2[nH]1. The molecule has 94 valence electrons. The molecular weight excluding hydrogens is 263 g/mol. The molecule has 5 heteroatoms. The second kappa shape index (κ2) is 4.85. The van der Waals surface area contributed by atoms with Gasteiger partial charge in [-0.15, -0.1) is 0 Å². The van der Waals surface area contributed by atoms with Crippen molar-refractivity contribution in [3.05, 3.63) is 53.8 Å². The molecule has 19 heavy (non-hydrogen) atoms. The number of carbonyl (C=O) groups is 1. The molecule has 1 N–H and O–H groups in total. The molecule has 0 spiro atoms. The van der Waals surface area contributed by atoms with Crippen molar-refractivity contribution in [3.8, 4) is 0 Å². The van der Waals surface area contributed by atoms with Crippen molar-refractivity contribution >= 4 is 29.1 Å². The molecule has 1 aromatic heterocycles. The Hall–Kier alpha value is -2.14. The Morgan fingerprint density at radius 3 is 2.84 bits per heavy atom. The van der Waals surface area contributed by atoms with Gasteiger partial charge in [0.05, 0.1) is 11.0 Å². The fourth-order valence-corrected chi connectivity index (χ4v) is 2.66. The summed E-state index contributed by atoms with van der Waals surface area (Å²) in [6.45, 7) is 0. The van der Waals surface area contributed by atoms with E-state index >= 15 is 0 Å². The molecule has 0 unspecified atom stereocenters. The standard InChI is InChI=1S/C14H9FN2OS/c15-10-5-6-13(9(7-10)8-18)19-14-16-11-3-1-2-4-12(11)17-14/h1-8H,(H,16,17). The molecule has 0 atom stereocenters. The lowest BCUT2D eigenvalue weighted by Gasteiger charge is -2.01. The van der Waals surface area contributed by atoms with Gasteiger partial charge in [0, 0.05) is 10.5 Å². The van der Waals surface area contributed by atoms with Crippen LogP contribution in [0.3, 0.4) is 0 Å². The topological polar surface area (TPSA) is 45.8 Å². The number of para-hydroxylation sites is 2. The van der Waals surface area contributed by atoms with Crippen LogP contribution in [0.2, 0.25) is 0 Å². The van der Waals surface area contributed by atoms with Gasteiger partial charge in [-0.05, 0) is 30.3 Å². The molecule has 3 aromatic rings. The largest absolute Gasteiger partial charge is 0.333 e. The summed E-state index contributed by atoms with van der Waals surface area (Å²) in [4.78, 5) is 19.2. The van der Waals surface area contributed by atoms with Gasteiger partial charge in [-0.25, -0.2) is 9.37 Å². The van der Waals surface area contributed by atoms with Crippen LogP contribution in [0, 0.1) is 5.82 Å². The number of aromatic amines is 1. The molecule has 0 amide bonds. The van der Waals surface area contributed by atoms with Crippen LogP contribution in [0.25, 0.3) is 11.0 Å². The summed E-state index contributed by atoms with van der Waals surface area (Å²) in [6.07, 6.45) is 0.647. The fraction of sp³-hybridized carbons (Fsp3) is 0. The average molecular weight is 272 g/mol. The minimum absolute atomic E-state index is 0.324. The average Bonchev–Trinajstić information content (AvgIpc) is 2.83. The summed E-state index contributed by atoms with van der Waals surface area (Å²) in [7, 11) is 0. The molecule has 0 saturated carbocycles. The Morgan fingerprint density at radius 2 is 2.05 bits per heavy atom. The van der Waals surface area contributed by atoms with E-state index in [2.05, 4.69) is 9.97 Å². The normalized spacial score (nSPS) is 10.8. The predicted molar refractivity (Wildman–Crippen MR) is 72.0 cm³/mol. The number of aromatic nitrogens is 2. The number of carbonyl (C=O) groups excluding carboxylic acids is 1. The molecule has 3 rings (SSSR count). The number of nitrogens with one attached hydrogen (secondary N) is 1. The second-order valence-electron chi connectivity index (χ2n) is 3.96. The van der Waals surface area contributed by atoms with Crippen LogP contribution < -0.4 is 0 Å². The van der Waals surface area contributed by atoms with Gasteiger partial charge >= 0.3 is 0 Å². The van der Waals surface area contributed by atoms with E-state index in [9.17, 15) is 9.18 Å². The molecule has 1 heterocycles. The molecule has 0 aliphatic carbocycles. The van der Waals surface area contributed by atoms with Crippen molar-refractivity contribution < 1.29 is 9.18 Å². The summed E-state index contributed by atoms with van der Waals surface area (Å²) in [5.41, 5.74) is 2.12. The lowest BCUT2D eigenvalue weighted by Crippen LogP contribution is -1.87. The van der Waals surface area contributed by atoms with Gasteiger partial charge in [0.15, 0.2) is 11.4 Å². The highest BCUT2D eigenvalue weighted by Gasteiger charge is 2.08. The maximum absolute atomic E-state index is 13.0. The highest BCUT2D eigenvalue weighted by Crippen LogP contribution is 2.29. The molecular formula is C14H9FN2OS. The van der Waals surface area contributed by atoms with Gasteiger partial charge in [0.25, 0.3) is 0 Å². The Kier molecular flexibility index (Phi) is 3.05. The zero-order valence-electron chi connectivity index (χ0n) is 9.76. The molecule has 0 radical (unpaired) electrons. The van der Waals surface area contributed by atoms with Gasteiger partial charge in [-0.1, -0.05) is 23.9 Å². The molecule has 0 saturated heterocycles. The van der Waals surface area contributed by atoms with E-state index in [1.54, 1.807) is 6.07 Å². The Balaban J connectivity index is 1.98. The van der Waals surface area contributed by atoms with E-state index in [4.69, 9.17) is 0 Å². The van der Waals surface area contributed by atoms with E-state index in [0.29, 0.717) is 21.9 Å². The smallest absolute Gasteiger partial charge is 0.171 e. The number of hydrogen-bond donors (Lipinski definition) is 1. The number of fused-ring (bicyclic) bond motifs is 1. The van der Waals surface area contributed by atoms with Crippen molar-refractivity contribution in [1.29, 1.82) is 0 Å². The summed E-state index contributed by atoms with van der Waals surface area (Å²) < 4.78 is 13.0. The quantitative estimate of drug-likeness (QED) is 0.740. The van der Waals surface area contributed by atoms with E-state index in [1.807, 2.05) is 24.3 Å². The van der Waals surface area contributed by atoms with Crippen LogP contribution in [0.5, 0.6) is 0 Å². The van der Waals surface area contributed by atoms with E-state index in [1.165, 1.54) is 23.9 Å². The molecule has 2 aromatic carbocycles. The first-order chi connectivity index (χ1) is 9.26. The van der Waals surface area contributed by atoms with Gasteiger partial charge in [0.1, 0.15) is 5.82 Å². The third kappa shape index (κ3) is 2.37. The molecule has 0 fully saturated rings. The summed E-state index contributed by atoms with van der Waals surface area (Å²) in [5.74, 6) is -0.420. The first kappa shape index (κ1) is 11.9. The number of imidazole rings is 1. The molecule has 3 nitrogen and oxygen atoms in total. The molecule has 0 aliphatic rings. The summed E-state index contributed by atoms with van der Waals surface area (Å²) in [5, 5.41) is 0.677. The van der Waals surface area contributed by atoms with Crippen LogP contribution in [-0.2, 0) is 0 Å². The van der Waals surface area contributed by atoms with Crippen LogP contribution in [-0.4, -0.2) is 16.3 Å². The van der Waals surface area contributed by atoms with Crippen LogP contribution in [0.1, 0.15) is 10.4 Å². The fourth-order valence-electron chi connectivity index (χ4n) is 1.79. The number of benzene rings is 2. The number of H-pyrrole nitrogens is 1. The first-order valence-corrected chi connectivity index (χ1v) is 6.45. The van der Waals surface area contributed by atoms with Crippen molar-refractivity contribution in [2.45, 2.75) is 10.1 Å². The van der Waals surface area contributed by atoms with Gasteiger partial charge < -0.3 is 4.98 Å². The van der Waals surface area contributed by atoms with Crippen molar-refractivity contribution in [2.75, 3.05) is 0 Å². The Morgan fingerprint density at radius 1 is 1.21 bits per heavy atom. The number of rotatable bonds is 3. The number of nitrogens with zero attached hydrogens (tertiary/aromatic N) is 1. The molecule has 0 aliphatic heterocycles. The van der Waals surface area contributed by atoms with Crippen molar-refractivity contribution in [2.24, 2.45) is 0 Å². The minimum Gasteiger partial charge on any atom is -0.333 e. The maximum atomic E-state index is 13.0. The van der Waals surface area contributed by atoms with Gasteiger partial charge in [-0.3, -0.25) is 4.79 Å². The van der Waals surface area contributed by atoms with E-state index in [-0.39, 0.29) is 0 Å². The number of halogens is 1. The van der Waals surface area contributed by atoms with Crippen molar-refractivity contribution in [1.82, 2.24) is 9.97 Å². The number of aldehydes is 1. The third-order valence-electron chi connectivity index (χ3n) is 2.67. The highest BCUT2D eigenvalue weighted by molar-refractivity contribution is 7.99. The Bertz CT molecular complexity index is 721. The third-order valence-corrected chi connectivity index (χ3v) is 3.65. The number of hydrogen-bond acceptors (Lipinski definition) is 3. The lowest BCUT2D eigenvalue weighted by atomic mass is 10.2. The Labute approximate surface area is 112 Å². The second-order valence-corrected chi connectivity index (χ2v) is 4.99. The van der Waals surface area contributed by atoms with Crippen LogP contribution in [0.4, 0.5) is 4.39 Å². The molecule has 0 bridgehead atoms. The van der Waals surface area contributed by atoms with Crippen LogP contribution >= 0.6 is 11.8 Å². The zero-order valence-corrected chi connectivity index (χ0v) is 10.6. The summed E-state index contributed by atoms with van der Waals surface area (Å²) in [6, 6.07) is 11.8. The minimum atomic E-state index is -0.420. The van der Waals surface area contributed by atoms with E-state index in [0.717, 1.165) is 11.0 Å². The zero-order chi connectivity index (χ0) is 13.2. The van der Waals surface area contributed by atoms with Crippen molar-refractivity contribution in [3.63, 3.8) is 0 Å².